The number of aliphatic carboxylic acids is 1. The van der Waals surface area contributed by atoms with Gasteiger partial charge in [-0.1, -0.05) is 28.1 Å². The second-order valence-electron chi connectivity index (χ2n) is 3.12. The minimum absolute atomic E-state index is 0.291. The summed E-state index contributed by atoms with van der Waals surface area (Å²) in [6.07, 6.45) is 2.11. The van der Waals surface area contributed by atoms with Crippen molar-refractivity contribution in [2.24, 2.45) is 0 Å². The number of ether oxygens (including phenoxy) is 1. The van der Waals surface area contributed by atoms with E-state index in [0.717, 1.165) is 18.2 Å². The lowest BCUT2D eigenvalue weighted by atomic mass is 10.1. The number of rotatable bonds is 6. The Labute approximate surface area is 97.2 Å². The normalized spacial score (nSPS) is 9.93. The van der Waals surface area contributed by atoms with Gasteiger partial charge in [-0.15, -0.1) is 0 Å². The van der Waals surface area contributed by atoms with Gasteiger partial charge < -0.3 is 9.84 Å². The molecule has 0 fully saturated rings. The van der Waals surface area contributed by atoms with E-state index in [2.05, 4.69) is 15.9 Å². The van der Waals surface area contributed by atoms with Crippen LogP contribution >= 0.6 is 15.9 Å². The van der Waals surface area contributed by atoms with Gasteiger partial charge in [0.2, 0.25) is 0 Å². The van der Waals surface area contributed by atoms with Crippen LogP contribution in [0.2, 0.25) is 0 Å². The smallest absolute Gasteiger partial charge is 0.341 e. The van der Waals surface area contributed by atoms with Crippen molar-refractivity contribution in [1.82, 2.24) is 0 Å². The first kappa shape index (κ1) is 12.0. The van der Waals surface area contributed by atoms with Crippen LogP contribution in [0.25, 0.3) is 0 Å². The summed E-state index contributed by atoms with van der Waals surface area (Å²) in [7, 11) is 0. The molecular formula is C11H13BrO3. The summed E-state index contributed by atoms with van der Waals surface area (Å²) in [5.41, 5.74) is 1.23. The molecule has 0 bridgehead atoms. The number of carboxylic acids is 1. The van der Waals surface area contributed by atoms with Crippen LogP contribution in [0.15, 0.2) is 24.3 Å². The highest BCUT2D eigenvalue weighted by atomic mass is 79.9. The van der Waals surface area contributed by atoms with Gasteiger partial charge in [0.05, 0.1) is 0 Å². The van der Waals surface area contributed by atoms with Crippen molar-refractivity contribution in [3.05, 3.63) is 29.8 Å². The molecule has 3 nitrogen and oxygen atoms in total. The first-order valence-electron chi connectivity index (χ1n) is 4.72. The first-order valence-corrected chi connectivity index (χ1v) is 5.84. The van der Waals surface area contributed by atoms with Crippen molar-refractivity contribution in [1.29, 1.82) is 0 Å². The average molecular weight is 273 g/mol. The van der Waals surface area contributed by atoms with Crippen molar-refractivity contribution in [3.8, 4) is 5.75 Å². The van der Waals surface area contributed by atoms with Gasteiger partial charge in [0.15, 0.2) is 6.61 Å². The van der Waals surface area contributed by atoms with E-state index < -0.39 is 5.97 Å². The Bertz CT molecular complexity index is 308. The van der Waals surface area contributed by atoms with Crippen molar-refractivity contribution < 1.29 is 14.6 Å². The van der Waals surface area contributed by atoms with E-state index in [1.54, 1.807) is 12.1 Å². The first-order chi connectivity index (χ1) is 7.22. The predicted molar refractivity (Wildman–Crippen MR) is 61.7 cm³/mol. The van der Waals surface area contributed by atoms with Gasteiger partial charge in [0.1, 0.15) is 5.75 Å². The number of carbonyl (C=O) groups is 1. The number of aryl methyl sites for hydroxylation is 1. The lowest BCUT2D eigenvalue weighted by Gasteiger charge is -2.04. The lowest BCUT2D eigenvalue weighted by molar-refractivity contribution is -0.139. The van der Waals surface area contributed by atoms with Gasteiger partial charge in [-0.3, -0.25) is 0 Å². The zero-order chi connectivity index (χ0) is 11.1. The third-order valence-corrected chi connectivity index (χ3v) is 2.45. The van der Waals surface area contributed by atoms with E-state index in [0.29, 0.717) is 5.75 Å². The number of halogens is 1. The van der Waals surface area contributed by atoms with Crippen LogP contribution in [0.1, 0.15) is 12.0 Å². The highest BCUT2D eigenvalue weighted by molar-refractivity contribution is 9.09. The predicted octanol–water partition coefficient (Wildman–Crippen LogP) is 2.48. The molecular weight excluding hydrogens is 260 g/mol. The Kier molecular flexibility index (Phi) is 5.18. The fourth-order valence-electron chi connectivity index (χ4n) is 1.17. The Morgan fingerprint density at radius 1 is 1.33 bits per heavy atom. The molecule has 4 heteroatoms. The molecule has 0 aliphatic heterocycles. The minimum Gasteiger partial charge on any atom is -0.482 e. The SMILES string of the molecule is O=C(O)COc1ccc(CCCBr)cc1. The van der Waals surface area contributed by atoms with Gasteiger partial charge in [-0.05, 0) is 30.5 Å². The molecule has 1 aromatic carbocycles. The van der Waals surface area contributed by atoms with E-state index in [1.807, 2.05) is 12.1 Å². The van der Waals surface area contributed by atoms with Crippen LogP contribution in [0.4, 0.5) is 0 Å². The van der Waals surface area contributed by atoms with Crippen LogP contribution in [-0.4, -0.2) is 23.0 Å². The molecule has 1 N–H and O–H groups in total. The minimum atomic E-state index is -0.960. The maximum Gasteiger partial charge on any atom is 0.341 e. The van der Waals surface area contributed by atoms with Gasteiger partial charge in [0, 0.05) is 5.33 Å². The molecule has 0 aliphatic rings. The maximum absolute atomic E-state index is 10.3. The lowest BCUT2D eigenvalue weighted by Crippen LogP contribution is -2.09. The van der Waals surface area contributed by atoms with Crippen molar-refractivity contribution in [2.45, 2.75) is 12.8 Å². The van der Waals surface area contributed by atoms with Crippen LogP contribution in [0.5, 0.6) is 5.75 Å². The van der Waals surface area contributed by atoms with Gasteiger partial charge in [0.25, 0.3) is 0 Å². The molecule has 0 unspecified atom stereocenters. The molecule has 82 valence electrons. The second kappa shape index (κ2) is 6.45. The van der Waals surface area contributed by atoms with Crippen molar-refractivity contribution in [3.63, 3.8) is 0 Å². The molecule has 0 radical (unpaired) electrons. The Morgan fingerprint density at radius 3 is 2.53 bits per heavy atom. The third kappa shape index (κ3) is 4.83. The van der Waals surface area contributed by atoms with E-state index >= 15 is 0 Å². The van der Waals surface area contributed by atoms with E-state index in [-0.39, 0.29) is 6.61 Å². The van der Waals surface area contributed by atoms with Crippen LogP contribution < -0.4 is 4.74 Å². The summed E-state index contributed by atoms with van der Waals surface area (Å²) in [6, 6.07) is 7.51. The maximum atomic E-state index is 10.3. The Morgan fingerprint density at radius 2 is 2.00 bits per heavy atom. The summed E-state index contributed by atoms with van der Waals surface area (Å²) in [6.45, 7) is -0.291. The fraction of sp³-hybridized carbons (Fsp3) is 0.364. The molecule has 0 atom stereocenters. The van der Waals surface area contributed by atoms with Crippen molar-refractivity contribution >= 4 is 21.9 Å². The largest absolute Gasteiger partial charge is 0.482 e. The number of alkyl halides is 1. The number of hydrogen-bond donors (Lipinski definition) is 1. The monoisotopic (exact) mass is 272 g/mol. The van der Waals surface area contributed by atoms with Crippen molar-refractivity contribution in [2.75, 3.05) is 11.9 Å². The van der Waals surface area contributed by atoms with Crippen LogP contribution in [0, 0.1) is 0 Å². The zero-order valence-electron chi connectivity index (χ0n) is 8.28. The number of benzene rings is 1. The Balaban J connectivity index is 2.45. The molecule has 0 amide bonds. The van der Waals surface area contributed by atoms with Crippen LogP contribution in [0.3, 0.4) is 0 Å². The molecule has 0 heterocycles. The van der Waals surface area contributed by atoms with Gasteiger partial charge in [-0.25, -0.2) is 4.79 Å². The summed E-state index contributed by atoms with van der Waals surface area (Å²) in [5.74, 6) is -0.363. The molecule has 0 spiro atoms. The van der Waals surface area contributed by atoms with E-state index in [9.17, 15) is 4.79 Å². The summed E-state index contributed by atoms with van der Waals surface area (Å²) >= 11 is 3.37. The Hall–Kier alpha value is -1.03. The zero-order valence-corrected chi connectivity index (χ0v) is 9.87. The van der Waals surface area contributed by atoms with Crippen LogP contribution in [-0.2, 0) is 11.2 Å². The molecule has 1 rings (SSSR count). The molecule has 0 saturated heterocycles. The highest BCUT2D eigenvalue weighted by Crippen LogP contribution is 2.13. The molecule has 0 aromatic heterocycles. The molecule has 15 heavy (non-hydrogen) atoms. The molecule has 0 aliphatic carbocycles. The highest BCUT2D eigenvalue weighted by Gasteiger charge is 1.99. The average Bonchev–Trinajstić information content (AvgIpc) is 2.25. The summed E-state index contributed by atoms with van der Waals surface area (Å²) < 4.78 is 5.02. The van der Waals surface area contributed by atoms with E-state index in [4.69, 9.17) is 9.84 Å². The summed E-state index contributed by atoms with van der Waals surface area (Å²) in [5, 5.41) is 9.41. The number of carboxylic acid groups (broad SMARTS) is 1. The number of hydrogen-bond acceptors (Lipinski definition) is 2. The van der Waals surface area contributed by atoms with Gasteiger partial charge >= 0.3 is 5.97 Å². The standard InChI is InChI=1S/C11H13BrO3/c12-7-1-2-9-3-5-10(6-4-9)15-8-11(13)14/h3-6H,1-2,7-8H2,(H,13,14). The van der Waals surface area contributed by atoms with E-state index in [1.165, 1.54) is 5.56 Å². The summed E-state index contributed by atoms with van der Waals surface area (Å²) in [4.78, 5) is 10.3. The fourth-order valence-corrected chi connectivity index (χ4v) is 1.45. The quantitative estimate of drug-likeness (QED) is 0.810. The topological polar surface area (TPSA) is 46.5 Å². The third-order valence-electron chi connectivity index (χ3n) is 1.88. The molecule has 0 saturated carbocycles. The second-order valence-corrected chi connectivity index (χ2v) is 3.91. The van der Waals surface area contributed by atoms with Gasteiger partial charge in [-0.2, -0.15) is 0 Å². The molecule has 1 aromatic rings.